The highest BCUT2D eigenvalue weighted by molar-refractivity contribution is 6.02. The van der Waals surface area contributed by atoms with Crippen LogP contribution in [0.1, 0.15) is 15.9 Å². The van der Waals surface area contributed by atoms with Crippen LogP contribution in [-0.2, 0) is 5.92 Å². The summed E-state index contributed by atoms with van der Waals surface area (Å²) in [6.45, 7) is 0. The Labute approximate surface area is 109 Å². The monoisotopic (exact) mass is 262 g/mol. The summed E-state index contributed by atoms with van der Waals surface area (Å²) >= 11 is 0. The van der Waals surface area contributed by atoms with Crippen molar-refractivity contribution in [3.63, 3.8) is 0 Å². The van der Waals surface area contributed by atoms with Crippen LogP contribution in [0, 0.1) is 0 Å². The Kier molecular flexibility index (Phi) is 3.60. The molecule has 2 rings (SSSR count). The van der Waals surface area contributed by atoms with E-state index in [0.717, 1.165) is 0 Å². The van der Waals surface area contributed by atoms with Crippen molar-refractivity contribution >= 4 is 5.78 Å². The molecule has 0 heterocycles. The highest BCUT2D eigenvalue weighted by Crippen LogP contribution is 2.32. The van der Waals surface area contributed by atoms with Gasteiger partial charge in [-0.1, -0.05) is 42.5 Å². The quantitative estimate of drug-likeness (QED) is 0.786. The zero-order valence-corrected chi connectivity index (χ0v) is 10.3. The van der Waals surface area contributed by atoms with E-state index in [1.165, 1.54) is 49.6 Å². The Hall–Kier alpha value is -2.23. The molecule has 0 aliphatic heterocycles. The van der Waals surface area contributed by atoms with Crippen LogP contribution in [0.2, 0.25) is 0 Å². The second-order valence-corrected chi connectivity index (χ2v) is 4.00. The zero-order chi connectivity index (χ0) is 13.9. The lowest BCUT2D eigenvalue weighted by Crippen LogP contribution is -2.26. The second kappa shape index (κ2) is 5.18. The highest BCUT2D eigenvalue weighted by Gasteiger charge is 2.41. The number of halogens is 2. The first-order valence-electron chi connectivity index (χ1n) is 5.68. The molecule has 0 saturated carbocycles. The molecule has 0 N–H and O–H groups in total. The third-order valence-corrected chi connectivity index (χ3v) is 2.75. The summed E-state index contributed by atoms with van der Waals surface area (Å²) in [5.74, 6) is -4.42. The summed E-state index contributed by atoms with van der Waals surface area (Å²) in [6, 6.07) is 12.8. The number of ketones is 1. The molecule has 0 unspecified atom stereocenters. The molecule has 0 bridgehead atoms. The van der Waals surface area contributed by atoms with Crippen molar-refractivity contribution in [1.82, 2.24) is 0 Å². The Morgan fingerprint density at radius 3 is 2.37 bits per heavy atom. The van der Waals surface area contributed by atoms with Crippen molar-refractivity contribution in [3.8, 4) is 5.75 Å². The second-order valence-electron chi connectivity index (χ2n) is 4.00. The number of methoxy groups -OCH3 is 1. The van der Waals surface area contributed by atoms with Crippen LogP contribution in [0.4, 0.5) is 8.78 Å². The SMILES string of the molecule is COc1cccc(C(=O)C(F)(F)c2ccccc2)c1. The van der Waals surface area contributed by atoms with E-state index in [-0.39, 0.29) is 11.1 Å². The van der Waals surface area contributed by atoms with Gasteiger partial charge in [-0.3, -0.25) is 4.79 Å². The topological polar surface area (TPSA) is 26.3 Å². The van der Waals surface area contributed by atoms with E-state index in [4.69, 9.17) is 4.74 Å². The molecule has 19 heavy (non-hydrogen) atoms. The molecule has 0 spiro atoms. The number of rotatable bonds is 4. The molecule has 4 heteroatoms. The van der Waals surface area contributed by atoms with Crippen molar-refractivity contribution in [2.75, 3.05) is 7.11 Å². The first-order valence-corrected chi connectivity index (χ1v) is 5.68. The van der Waals surface area contributed by atoms with Crippen LogP contribution in [-0.4, -0.2) is 12.9 Å². The van der Waals surface area contributed by atoms with Gasteiger partial charge in [0.15, 0.2) is 0 Å². The number of Topliss-reactive ketones (excluding diaryl/α,β-unsaturated/α-hetero) is 1. The normalized spacial score (nSPS) is 11.1. The Morgan fingerprint density at radius 2 is 1.74 bits per heavy atom. The average Bonchev–Trinajstić information content (AvgIpc) is 2.47. The van der Waals surface area contributed by atoms with Crippen LogP contribution in [0.25, 0.3) is 0 Å². The molecule has 0 atom stereocenters. The maximum absolute atomic E-state index is 14.1. The molecule has 0 radical (unpaired) electrons. The summed E-state index contributed by atoms with van der Waals surface area (Å²) in [5.41, 5.74) is -0.393. The van der Waals surface area contributed by atoms with Gasteiger partial charge in [0.05, 0.1) is 7.11 Å². The predicted octanol–water partition coefficient (Wildman–Crippen LogP) is 3.67. The fraction of sp³-hybridized carbons (Fsp3) is 0.133. The van der Waals surface area contributed by atoms with E-state index < -0.39 is 11.7 Å². The van der Waals surface area contributed by atoms with Crippen molar-refractivity contribution in [3.05, 3.63) is 65.7 Å². The van der Waals surface area contributed by atoms with Crippen LogP contribution >= 0.6 is 0 Å². The fourth-order valence-electron chi connectivity index (χ4n) is 1.72. The van der Waals surface area contributed by atoms with Gasteiger partial charge in [-0.2, -0.15) is 8.78 Å². The van der Waals surface area contributed by atoms with Gasteiger partial charge < -0.3 is 4.74 Å². The molecule has 2 aromatic rings. The molecule has 2 aromatic carbocycles. The van der Waals surface area contributed by atoms with Gasteiger partial charge in [-0.25, -0.2) is 0 Å². The lowest BCUT2D eigenvalue weighted by molar-refractivity contribution is 0.00741. The highest BCUT2D eigenvalue weighted by atomic mass is 19.3. The molecule has 98 valence electrons. The minimum atomic E-state index is -3.55. The lowest BCUT2D eigenvalue weighted by atomic mass is 9.99. The van der Waals surface area contributed by atoms with Gasteiger partial charge >= 0.3 is 5.92 Å². The largest absolute Gasteiger partial charge is 0.497 e. The number of hydrogen-bond acceptors (Lipinski definition) is 2. The standard InChI is InChI=1S/C15H12F2O2/c1-19-13-9-5-6-11(10-13)14(18)15(16,17)12-7-3-2-4-8-12/h2-10H,1H3. The van der Waals surface area contributed by atoms with Crippen LogP contribution in [0.5, 0.6) is 5.75 Å². The molecule has 0 amide bonds. The fourth-order valence-corrected chi connectivity index (χ4v) is 1.72. The molecular formula is C15H12F2O2. The van der Waals surface area contributed by atoms with Gasteiger partial charge in [-0.05, 0) is 12.1 Å². The lowest BCUT2D eigenvalue weighted by Gasteiger charge is -2.15. The molecule has 0 fully saturated rings. The summed E-state index contributed by atoms with van der Waals surface area (Å²) < 4.78 is 33.1. The van der Waals surface area contributed by atoms with E-state index in [0.29, 0.717) is 5.75 Å². The number of hydrogen-bond donors (Lipinski definition) is 0. The Morgan fingerprint density at radius 1 is 1.05 bits per heavy atom. The summed E-state index contributed by atoms with van der Waals surface area (Å²) in [4.78, 5) is 11.9. The van der Waals surface area contributed by atoms with Crippen molar-refractivity contribution in [2.45, 2.75) is 5.92 Å². The predicted molar refractivity (Wildman–Crippen MR) is 67.7 cm³/mol. The first kappa shape index (κ1) is 13.2. The van der Waals surface area contributed by atoms with E-state index in [1.54, 1.807) is 12.1 Å². The minimum Gasteiger partial charge on any atom is -0.497 e. The van der Waals surface area contributed by atoms with Gasteiger partial charge in [0.2, 0.25) is 5.78 Å². The van der Waals surface area contributed by atoms with Crippen molar-refractivity contribution < 1.29 is 18.3 Å². The third-order valence-electron chi connectivity index (χ3n) is 2.75. The van der Waals surface area contributed by atoms with E-state index in [1.807, 2.05) is 0 Å². The molecular weight excluding hydrogens is 250 g/mol. The molecule has 0 saturated heterocycles. The summed E-state index contributed by atoms with van der Waals surface area (Å²) in [6.07, 6.45) is 0. The van der Waals surface area contributed by atoms with Gasteiger partial charge in [-0.15, -0.1) is 0 Å². The number of carbonyl (C=O) groups is 1. The van der Waals surface area contributed by atoms with E-state index in [9.17, 15) is 13.6 Å². The number of carbonyl (C=O) groups excluding carboxylic acids is 1. The van der Waals surface area contributed by atoms with Crippen LogP contribution in [0.15, 0.2) is 54.6 Å². The minimum absolute atomic E-state index is 0.0757. The zero-order valence-electron chi connectivity index (χ0n) is 10.3. The number of benzene rings is 2. The van der Waals surface area contributed by atoms with Gasteiger partial charge in [0.1, 0.15) is 5.75 Å². The maximum atomic E-state index is 14.1. The third kappa shape index (κ3) is 2.62. The summed E-state index contributed by atoms with van der Waals surface area (Å²) in [5, 5.41) is 0. The van der Waals surface area contributed by atoms with E-state index >= 15 is 0 Å². The van der Waals surface area contributed by atoms with Gasteiger partial charge in [0, 0.05) is 11.1 Å². The van der Waals surface area contributed by atoms with E-state index in [2.05, 4.69) is 0 Å². The maximum Gasteiger partial charge on any atom is 0.334 e. The average molecular weight is 262 g/mol. The van der Waals surface area contributed by atoms with Crippen LogP contribution in [0.3, 0.4) is 0 Å². The Bertz CT molecular complexity index is 580. The van der Waals surface area contributed by atoms with Gasteiger partial charge in [0.25, 0.3) is 0 Å². The summed E-state index contributed by atoms with van der Waals surface area (Å²) in [7, 11) is 1.42. The van der Waals surface area contributed by atoms with Crippen molar-refractivity contribution in [2.24, 2.45) is 0 Å². The first-order chi connectivity index (χ1) is 9.05. The van der Waals surface area contributed by atoms with Crippen LogP contribution < -0.4 is 4.74 Å². The molecule has 0 aliphatic rings. The molecule has 0 aromatic heterocycles. The smallest absolute Gasteiger partial charge is 0.334 e. The molecule has 2 nitrogen and oxygen atoms in total. The van der Waals surface area contributed by atoms with Crippen molar-refractivity contribution in [1.29, 1.82) is 0 Å². The number of ether oxygens (including phenoxy) is 1. The number of alkyl halides is 2. The molecule has 0 aliphatic carbocycles. The Balaban J connectivity index is 2.37.